The molecule has 0 radical (unpaired) electrons. The molecule has 8 heteroatoms. The SMILES string of the molecule is CNS(=O)(=O)NCC(F)(F)F. The molecule has 0 aromatic carbocycles. The Labute approximate surface area is 62.0 Å². The minimum absolute atomic E-state index is 1.01. The Morgan fingerprint density at radius 2 is 1.82 bits per heavy atom. The third-order valence-electron chi connectivity index (χ3n) is 0.731. The van der Waals surface area contributed by atoms with E-state index in [0.717, 1.165) is 7.05 Å². The van der Waals surface area contributed by atoms with E-state index in [1.807, 2.05) is 0 Å². The van der Waals surface area contributed by atoms with Crippen LogP contribution in [-0.2, 0) is 10.2 Å². The van der Waals surface area contributed by atoms with E-state index in [9.17, 15) is 21.6 Å². The fraction of sp³-hybridized carbons (Fsp3) is 1.00. The number of alkyl halides is 3. The minimum Gasteiger partial charge on any atom is -0.205 e. The number of nitrogens with one attached hydrogen (secondary N) is 2. The lowest BCUT2D eigenvalue weighted by atomic mass is 10.7. The van der Waals surface area contributed by atoms with Gasteiger partial charge in [-0.25, -0.2) is 4.72 Å². The molecular weight excluding hydrogens is 185 g/mol. The van der Waals surface area contributed by atoms with Gasteiger partial charge in [-0.1, -0.05) is 0 Å². The Morgan fingerprint density at radius 1 is 1.36 bits per heavy atom. The Hall–Kier alpha value is -0.340. The van der Waals surface area contributed by atoms with Crippen molar-refractivity contribution in [1.82, 2.24) is 9.44 Å². The zero-order valence-electron chi connectivity index (χ0n) is 5.57. The van der Waals surface area contributed by atoms with Crippen LogP contribution >= 0.6 is 0 Å². The summed E-state index contributed by atoms with van der Waals surface area (Å²) in [5.74, 6) is 0. The van der Waals surface area contributed by atoms with Gasteiger partial charge in [-0.05, 0) is 0 Å². The number of hydrogen-bond donors (Lipinski definition) is 2. The molecule has 11 heavy (non-hydrogen) atoms. The molecule has 0 aliphatic heterocycles. The van der Waals surface area contributed by atoms with Gasteiger partial charge in [-0.3, -0.25) is 0 Å². The summed E-state index contributed by atoms with van der Waals surface area (Å²) in [7, 11) is -2.96. The highest BCUT2D eigenvalue weighted by atomic mass is 32.2. The molecule has 0 amide bonds. The van der Waals surface area contributed by atoms with E-state index in [1.165, 1.54) is 4.72 Å². The normalized spacial score (nSPS) is 13.5. The van der Waals surface area contributed by atoms with Gasteiger partial charge in [0.05, 0.1) is 0 Å². The third-order valence-corrected chi connectivity index (χ3v) is 1.79. The van der Waals surface area contributed by atoms with Crippen molar-refractivity contribution in [2.24, 2.45) is 0 Å². The van der Waals surface area contributed by atoms with Gasteiger partial charge in [0.2, 0.25) is 0 Å². The van der Waals surface area contributed by atoms with Gasteiger partial charge in [0.15, 0.2) is 0 Å². The summed E-state index contributed by atoms with van der Waals surface area (Å²) in [6.07, 6.45) is -4.52. The first-order chi connectivity index (χ1) is 4.77. The van der Waals surface area contributed by atoms with E-state index in [-0.39, 0.29) is 0 Å². The maximum Gasteiger partial charge on any atom is 0.402 e. The molecule has 0 unspecified atom stereocenters. The van der Waals surface area contributed by atoms with Crippen molar-refractivity contribution in [2.45, 2.75) is 6.18 Å². The first-order valence-corrected chi connectivity index (χ1v) is 4.00. The highest BCUT2D eigenvalue weighted by Crippen LogP contribution is 2.12. The molecule has 0 saturated heterocycles. The summed E-state index contributed by atoms with van der Waals surface area (Å²) in [6.45, 7) is -1.56. The second kappa shape index (κ2) is 3.37. The Balaban J connectivity index is 3.91. The molecule has 0 bridgehead atoms. The number of rotatable bonds is 3. The first-order valence-electron chi connectivity index (χ1n) is 2.52. The zero-order valence-corrected chi connectivity index (χ0v) is 6.38. The summed E-state index contributed by atoms with van der Waals surface area (Å²) in [4.78, 5) is 0. The monoisotopic (exact) mass is 192 g/mol. The smallest absolute Gasteiger partial charge is 0.205 e. The van der Waals surface area contributed by atoms with E-state index < -0.39 is 22.9 Å². The van der Waals surface area contributed by atoms with Crippen LogP contribution in [0.4, 0.5) is 13.2 Å². The average molecular weight is 192 g/mol. The largest absolute Gasteiger partial charge is 0.402 e. The maximum absolute atomic E-state index is 11.4. The molecule has 0 atom stereocenters. The average Bonchev–Trinajstić information content (AvgIpc) is 1.83. The molecule has 0 aliphatic carbocycles. The first kappa shape index (κ1) is 10.7. The van der Waals surface area contributed by atoms with E-state index >= 15 is 0 Å². The van der Waals surface area contributed by atoms with Crippen LogP contribution in [0.15, 0.2) is 0 Å². The maximum atomic E-state index is 11.4. The van der Waals surface area contributed by atoms with Crippen molar-refractivity contribution < 1.29 is 21.6 Å². The summed E-state index contributed by atoms with van der Waals surface area (Å²) < 4.78 is 57.7. The van der Waals surface area contributed by atoms with Gasteiger partial charge in [-0.2, -0.15) is 26.3 Å². The minimum atomic E-state index is -4.52. The van der Waals surface area contributed by atoms with Crippen LogP contribution in [-0.4, -0.2) is 28.2 Å². The second-order valence-corrected chi connectivity index (χ2v) is 3.35. The van der Waals surface area contributed by atoms with Crippen molar-refractivity contribution in [3.63, 3.8) is 0 Å². The molecule has 4 nitrogen and oxygen atoms in total. The Morgan fingerprint density at radius 3 is 2.09 bits per heavy atom. The molecule has 0 aliphatic rings. The van der Waals surface area contributed by atoms with E-state index in [1.54, 1.807) is 4.72 Å². The van der Waals surface area contributed by atoms with Crippen molar-refractivity contribution in [1.29, 1.82) is 0 Å². The van der Waals surface area contributed by atoms with Gasteiger partial charge < -0.3 is 0 Å². The standard InChI is InChI=1S/C3H7F3N2O2S/c1-7-11(9,10)8-2-3(4,5)6/h7-8H,2H2,1H3. The van der Waals surface area contributed by atoms with Gasteiger partial charge in [-0.15, -0.1) is 0 Å². The third kappa shape index (κ3) is 6.07. The highest BCUT2D eigenvalue weighted by molar-refractivity contribution is 7.87. The lowest BCUT2D eigenvalue weighted by Gasteiger charge is -2.07. The number of halogens is 3. The molecule has 0 rings (SSSR count). The predicted octanol–water partition coefficient (Wildman–Crippen LogP) is -0.398. The summed E-state index contributed by atoms with van der Waals surface area (Å²) >= 11 is 0. The molecule has 0 aromatic heterocycles. The molecular formula is C3H7F3N2O2S. The molecule has 2 N–H and O–H groups in total. The van der Waals surface area contributed by atoms with Crippen LogP contribution in [0.2, 0.25) is 0 Å². The van der Waals surface area contributed by atoms with Crippen molar-refractivity contribution >= 4 is 10.2 Å². The van der Waals surface area contributed by atoms with Crippen LogP contribution in [0.3, 0.4) is 0 Å². The fourth-order valence-electron chi connectivity index (χ4n) is 0.249. The molecule has 0 saturated carbocycles. The van der Waals surface area contributed by atoms with Gasteiger partial charge in [0.25, 0.3) is 10.2 Å². The van der Waals surface area contributed by atoms with E-state index in [0.29, 0.717) is 0 Å². The van der Waals surface area contributed by atoms with E-state index in [4.69, 9.17) is 0 Å². The van der Waals surface area contributed by atoms with Crippen LogP contribution in [0.25, 0.3) is 0 Å². The van der Waals surface area contributed by atoms with Gasteiger partial charge >= 0.3 is 6.18 Å². The van der Waals surface area contributed by atoms with Crippen LogP contribution in [0.5, 0.6) is 0 Å². The van der Waals surface area contributed by atoms with Crippen molar-refractivity contribution in [3.05, 3.63) is 0 Å². The quantitative estimate of drug-likeness (QED) is 0.639. The molecule has 0 fully saturated rings. The van der Waals surface area contributed by atoms with Crippen LogP contribution in [0, 0.1) is 0 Å². The predicted molar refractivity (Wildman–Crippen MR) is 32.0 cm³/mol. The Bertz CT molecular complexity index is 209. The second-order valence-electron chi connectivity index (χ2n) is 1.64. The summed E-state index contributed by atoms with van der Waals surface area (Å²) in [6, 6.07) is 0. The summed E-state index contributed by atoms with van der Waals surface area (Å²) in [5, 5.41) is 0. The van der Waals surface area contributed by atoms with Gasteiger partial charge in [0, 0.05) is 7.05 Å². The molecule has 0 heterocycles. The number of hydrogen-bond acceptors (Lipinski definition) is 2. The van der Waals surface area contributed by atoms with E-state index in [2.05, 4.69) is 0 Å². The Kier molecular flexibility index (Phi) is 3.27. The zero-order chi connectivity index (χ0) is 9.12. The fourth-order valence-corrected chi connectivity index (χ4v) is 0.747. The lowest BCUT2D eigenvalue weighted by molar-refractivity contribution is -0.121. The van der Waals surface area contributed by atoms with Crippen molar-refractivity contribution in [2.75, 3.05) is 13.6 Å². The lowest BCUT2D eigenvalue weighted by Crippen LogP contribution is -2.39. The van der Waals surface area contributed by atoms with Crippen molar-refractivity contribution in [3.8, 4) is 0 Å². The summed E-state index contributed by atoms with van der Waals surface area (Å²) in [5.41, 5.74) is 0. The van der Waals surface area contributed by atoms with Crippen LogP contribution < -0.4 is 9.44 Å². The van der Waals surface area contributed by atoms with Gasteiger partial charge in [0.1, 0.15) is 6.54 Å². The highest BCUT2D eigenvalue weighted by Gasteiger charge is 2.28. The molecule has 0 aromatic rings. The molecule has 0 spiro atoms. The van der Waals surface area contributed by atoms with Crippen LogP contribution in [0.1, 0.15) is 0 Å². The molecule has 68 valence electrons. The topological polar surface area (TPSA) is 58.2 Å².